The highest BCUT2D eigenvalue weighted by molar-refractivity contribution is 5.99. The Hall–Kier alpha value is -1.82. The van der Waals surface area contributed by atoms with Crippen molar-refractivity contribution in [3.8, 4) is 0 Å². The minimum atomic E-state index is -0.502. The van der Waals surface area contributed by atoms with Crippen molar-refractivity contribution in [3.63, 3.8) is 0 Å². The van der Waals surface area contributed by atoms with E-state index >= 15 is 0 Å². The SMILES string of the molecule is CC(C)(C)OC(=O)c1ccnc(N2CCNCC2)c1N1CCCC1. The first kappa shape index (κ1) is 17.0. The number of carbonyl (C=O) groups excluding carboxylic acids is 1. The summed E-state index contributed by atoms with van der Waals surface area (Å²) < 4.78 is 5.64. The van der Waals surface area contributed by atoms with Crippen LogP contribution in [0.15, 0.2) is 12.3 Å². The van der Waals surface area contributed by atoms with Crippen LogP contribution in [0.5, 0.6) is 0 Å². The molecule has 132 valence electrons. The van der Waals surface area contributed by atoms with Crippen molar-refractivity contribution < 1.29 is 9.53 Å². The molecule has 1 aromatic heterocycles. The van der Waals surface area contributed by atoms with Crippen LogP contribution in [0.4, 0.5) is 11.5 Å². The molecule has 2 fully saturated rings. The van der Waals surface area contributed by atoms with E-state index in [1.165, 1.54) is 0 Å². The number of hydrogen-bond acceptors (Lipinski definition) is 6. The number of anilines is 2. The highest BCUT2D eigenvalue weighted by Crippen LogP contribution is 2.34. The van der Waals surface area contributed by atoms with Gasteiger partial charge >= 0.3 is 5.97 Å². The molecule has 6 nitrogen and oxygen atoms in total. The zero-order valence-electron chi connectivity index (χ0n) is 15.0. The highest BCUT2D eigenvalue weighted by atomic mass is 16.6. The maximum absolute atomic E-state index is 12.8. The lowest BCUT2D eigenvalue weighted by molar-refractivity contribution is 0.00702. The topological polar surface area (TPSA) is 57.7 Å². The van der Waals surface area contributed by atoms with Crippen LogP contribution < -0.4 is 15.1 Å². The van der Waals surface area contributed by atoms with E-state index in [2.05, 4.69) is 20.1 Å². The molecule has 3 rings (SSSR count). The van der Waals surface area contributed by atoms with E-state index in [9.17, 15) is 4.79 Å². The molecule has 0 aromatic carbocycles. The van der Waals surface area contributed by atoms with E-state index in [-0.39, 0.29) is 5.97 Å². The molecule has 0 unspecified atom stereocenters. The first-order valence-electron chi connectivity index (χ1n) is 8.89. The molecule has 1 aromatic rings. The number of nitrogens with zero attached hydrogens (tertiary/aromatic N) is 3. The zero-order valence-corrected chi connectivity index (χ0v) is 15.0. The number of piperazine rings is 1. The predicted molar refractivity (Wildman–Crippen MR) is 95.9 cm³/mol. The fourth-order valence-electron chi connectivity index (χ4n) is 3.30. The first-order chi connectivity index (χ1) is 11.5. The molecular weight excluding hydrogens is 304 g/mol. The van der Waals surface area contributed by atoms with Gasteiger partial charge in [0.2, 0.25) is 0 Å². The molecule has 3 heterocycles. The van der Waals surface area contributed by atoms with Crippen LogP contribution in [0.2, 0.25) is 0 Å². The molecular formula is C18H28N4O2. The van der Waals surface area contributed by atoms with Crippen molar-refractivity contribution >= 4 is 17.5 Å². The Morgan fingerprint density at radius 3 is 2.42 bits per heavy atom. The van der Waals surface area contributed by atoms with E-state index in [0.29, 0.717) is 5.56 Å². The van der Waals surface area contributed by atoms with Crippen molar-refractivity contribution in [2.75, 3.05) is 49.1 Å². The van der Waals surface area contributed by atoms with Gasteiger partial charge in [-0.15, -0.1) is 0 Å². The second-order valence-corrected chi connectivity index (χ2v) is 7.46. The van der Waals surface area contributed by atoms with Crippen LogP contribution >= 0.6 is 0 Å². The molecule has 24 heavy (non-hydrogen) atoms. The van der Waals surface area contributed by atoms with Gasteiger partial charge in [-0.1, -0.05) is 0 Å². The Morgan fingerprint density at radius 1 is 1.12 bits per heavy atom. The summed E-state index contributed by atoms with van der Waals surface area (Å²) >= 11 is 0. The summed E-state index contributed by atoms with van der Waals surface area (Å²) in [4.78, 5) is 22.0. The fraction of sp³-hybridized carbons (Fsp3) is 0.667. The lowest BCUT2D eigenvalue weighted by atomic mass is 10.1. The van der Waals surface area contributed by atoms with Gasteiger partial charge < -0.3 is 19.9 Å². The molecule has 0 spiro atoms. The van der Waals surface area contributed by atoms with Gasteiger partial charge in [-0.2, -0.15) is 0 Å². The number of pyridine rings is 1. The van der Waals surface area contributed by atoms with Gasteiger partial charge in [-0.25, -0.2) is 9.78 Å². The molecule has 2 aliphatic rings. The summed E-state index contributed by atoms with van der Waals surface area (Å²) in [5, 5.41) is 3.37. The van der Waals surface area contributed by atoms with Crippen molar-refractivity contribution in [1.29, 1.82) is 0 Å². The van der Waals surface area contributed by atoms with Crippen LogP contribution in [-0.2, 0) is 4.74 Å². The van der Waals surface area contributed by atoms with Gasteiger partial charge in [0.05, 0.1) is 11.3 Å². The van der Waals surface area contributed by atoms with Crippen LogP contribution in [0.1, 0.15) is 44.0 Å². The Morgan fingerprint density at radius 2 is 1.79 bits per heavy atom. The number of ether oxygens (including phenoxy) is 1. The summed E-state index contributed by atoms with van der Waals surface area (Å²) in [6.07, 6.45) is 4.05. The lowest BCUT2D eigenvalue weighted by Crippen LogP contribution is -2.44. The number of aromatic nitrogens is 1. The third-order valence-corrected chi connectivity index (χ3v) is 4.36. The average Bonchev–Trinajstić information content (AvgIpc) is 3.07. The Kier molecular flexibility index (Phi) is 4.94. The number of rotatable bonds is 3. The van der Waals surface area contributed by atoms with Crippen LogP contribution in [0.25, 0.3) is 0 Å². The molecule has 0 bridgehead atoms. The summed E-state index contributed by atoms with van der Waals surface area (Å²) in [5.41, 5.74) is 1.08. The van der Waals surface area contributed by atoms with Crippen LogP contribution in [0.3, 0.4) is 0 Å². The zero-order chi connectivity index (χ0) is 17.2. The van der Waals surface area contributed by atoms with E-state index < -0.39 is 5.60 Å². The Balaban J connectivity index is 1.99. The Bertz CT molecular complexity index is 585. The summed E-state index contributed by atoms with van der Waals surface area (Å²) in [5.74, 6) is 0.657. The molecule has 1 N–H and O–H groups in total. The third kappa shape index (κ3) is 3.80. The summed E-state index contributed by atoms with van der Waals surface area (Å²) in [6, 6.07) is 1.80. The van der Waals surface area contributed by atoms with Gasteiger partial charge in [-0.3, -0.25) is 0 Å². The fourth-order valence-corrected chi connectivity index (χ4v) is 3.30. The molecule has 0 radical (unpaired) electrons. The molecule has 0 atom stereocenters. The second kappa shape index (κ2) is 6.97. The third-order valence-electron chi connectivity index (χ3n) is 4.36. The summed E-state index contributed by atoms with van der Waals surface area (Å²) in [7, 11) is 0. The van der Waals surface area contributed by atoms with Crippen molar-refractivity contribution in [1.82, 2.24) is 10.3 Å². The van der Waals surface area contributed by atoms with E-state index in [1.54, 1.807) is 12.3 Å². The smallest absolute Gasteiger partial charge is 0.340 e. The molecule has 2 aliphatic heterocycles. The molecule has 6 heteroatoms. The standard InChI is InChI=1S/C18H28N4O2/c1-18(2,3)24-17(23)14-6-7-20-16(22-12-8-19-9-13-22)15(14)21-10-4-5-11-21/h6-7,19H,4-5,8-13H2,1-3H3. The molecule has 0 aliphatic carbocycles. The monoisotopic (exact) mass is 332 g/mol. The van der Waals surface area contributed by atoms with Crippen molar-refractivity contribution in [3.05, 3.63) is 17.8 Å². The number of carbonyl (C=O) groups is 1. The van der Waals surface area contributed by atoms with E-state index in [4.69, 9.17) is 4.74 Å². The van der Waals surface area contributed by atoms with Gasteiger partial charge in [0.25, 0.3) is 0 Å². The van der Waals surface area contributed by atoms with E-state index in [0.717, 1.165) is 63.6 Å². The highest BCUT2D eigenvalue weighted by Gasteiger charge is 2.29. The van der Waals surface area contributed by atoms with Gasteiger partial charge in [-0.05, 0) is 39.7 Å². The number of esters is 1. The molecule has 0 amide bonds. The van der Waals surface area contributed by atoms with Gasteiger partial charge in [0, 0.05) is 45.5 Å². The van der Waals surface area contributed by atoms with Crippen LogP contribution in [-0.4, -0.2) is 55.8 Å². The maximum Gasteiger partial charge on any atom is 0.340 e. The predicted octanol–water partition coefficient (Wildman–Crippen LogP) is 2.05. The normalized spacial score (nSPS) is 18.8. The number of hydrogen-bond donors (Lipinski definition) is 1. The molecule has 0 saturated carbocycles. The average molecular weight is 332 g/mol. The molecule has 2 saturated heterocycles. The van der Waals surface area contributed by atoms with Crippen molar-refractivity contribution in [2.45, 2.75) is 39.2 Å². The number of nitrogens with one attached hydrogen (secondary N) is 1. The lowest BCUT2D eigenvalue weighted by Gasteiger charge is -2.33. The minimum Gasteiger partial charge on any atom is -0.456 e. The van der Waals surface area contributed by atoms with Gasteiger partial charge in [0.1, 0.15) is 5.60 Å². The largest absolute Gasteiger partial charge is 0.456 e. The first-order valence-corrected chi connectivity index (χ1v) is 8.89. The quantitative estimate of drug-likeness (QED) is 0.855. The summed E-state index contributed by atoms with van der Waals surface area (Å²) in [6.45, 7) is 11.4. The van der Waals surface area contributed by atoms with Gasteiger partial charge in [0.15, 0.2) is 5.82 Å². The second-order valence-electron chi connectivity index (χ2n) is 7.46. The van der Waals surface area contributed by atoms with E-state index in [1.807, 2.05) is 20.8 Å². The van der Waals surface area contributed by atoms with Crippen LogP contribution in [0, 0.1) is 0 Å². The van der Waals surface area contributed by atoms with Crippen molar-refractivity contribution in [2.24, 2.45) is 0 Å². The Labute approximate surface area is 144 Å². The maximum atomic E-state index is 12.8. The minimum absolute atomic E-state index is 0.261.